The Balaban J connectivity index is 0.00000144. The molecular weight excluding hydrogens is 236 g/mol. The molecule has 0 aliphatic heterocycles. The zero-order chi connectivity index (χ0) is 11.5. The SMILES string of the molecule is CC1CCCC1NC(=O)[C@@H]1CCC[C@@H]1CN.Cl. The summed E-state index contributed by atoms with van der Waals surface area (Å²) in [7, 11) is 0. The van der Waals surface area contributed by atoms with Crippen molar-refractivity contribution >= 4 is 18.3 Å². The quantitative estimate of drug-likeness (QED) is 0.817. The molecule has 17 heavy (non-hydrogen) atoms. The molecule has 0 heterocycles. The molecule has 0 aromatic rings. The van der Waals surface area contributed by atoms with Crippen molar-refractivity contribution in [1.29, 1.82) is 0 Å². The van der Waals surface area contributed by atoms with Crippen LogP contribution in [-0.4, -0.2) is 18.5 Å². The molecule has 2 aliphatic carbocycles. The van der Waals surface area contributed by atoms with Gasteiger partial charge in [-0.3, -0.25) is 4.79 Å². The first kappa shape index (κ1) is 14.8. The zero-order valence-electron chi connectivity index (χ0n) is 10.7. The van der Waals surface area contributed by atoms with E-state index in [-0.39, 0.29) is 24.2 Å². The molecule has 0 saturated heterocycles. The highest BCUT2D eigenvalue weighted by Crippen LogP contribution is 2.32. The van der Waals surface area contributed by atoms with Gasteiger partial charge in [-0.05, 0) is 44.1 Å². The van der Waals surface area contributed by atoms with Gasteiger partial charge in [0.25, 0.3) is 0 Å². The Morgan fingerprint density at radius 2 is 1.94 bits per heavy atom. The van der Waals surface area contributed by atoms with Gasteiger partial charge in [0.1, 0.15) is 0 Å². The molecule has 2 fully saturated rings. The fourth-order valence-electron chi connectivity index (χ4n) is 3.31. The van der Waals surface area contributed by atoms with Crippen molar-refractivity contribution in [3.63, 3.8) is 0 Å². The second-order valence-electron chi connectivity index (χ2n) is 5.56. The largest absolute Gasteiger partial charge is 0.353 e. The van der Waals surface area contributed by atoms with E-state index < -0.39 is 0 Å². The number of nitrogens with two attached hydrogens (primary N) is 1. The van der Waals surface area contributed by atoms with Crippen LogP contribution in [-0.2, 0) is 4.79 Å². The minimum absolute atomic E-state index is 0. The lowest BCUT2D eigenvalue weighted by Gasteiger charge is -2.22. The number of carbonyl (C=O) groups is 1. The number of hydrogen-bond acceptors (Lipinski definition) is 2. The Kier molecular flexibility index (Phi) is 5.74. The Labute approximate surface area is 110 Å². The summed E-state index contributed by atoms with van der Waals surface area (Å²) in [4.78, 5) is 12.1. The van der Waals surface area contributed by atoms with Gasteiger partial charge < -0.3 is 11.1 Å². The van der Waals surface area contributed by atoms with E-state index in [0.717, 1.165) is 19.3 Å². The fourth-order valence-corrected chi connectivity index (χ4v) is 3.31. The van der Waals surface area contributed by atoms with E-state index in [1.165, 1.54) is 19.3 Å². The summed E-state index contributed by atoms with van der Waals surface area (Å²) in [6, 6.07) is 0.423. The number of hydrogen-bond donors (Lipinski definition) is 2. The van der Waals surface area contributed by atoms with Crippen molar-refractivity contribution in [1.82, 2.24) is 5.32 Å². The first-order valence-corrected chi connectivity index (χ1v) is 6.72. The highest BCUT2D eigenvalue weighted by atomic mass is 35.5. The fraction of sp³-hybridized carbons (Fsp3) is 0.923. The second kappa shape index (κ2) is 6.60. The van der Waals surface area contributed by atoms with Crippen molar-refractivity contribution in [2.24, 2.45) is 23.5 Å². The lowest BCUT2D eigenvalue weighted by molar-refractivity contribution is -0.126. The van der Waals surface area contributed by atoms with Crippen LogP contribution >= 0.6 is 12.4 Å². The molecule has 100 valence electrons. The maximum Gasteiger partial charge on any atom is 0.223 e. The molecule has 2 rings (SSSR count). The smallest absolute Gasteiger partial charge is 0.223 e. The Morgan fingerprint density at radius 1 is 1.24 bits per heavy atom. The molecule has 2 aliphatic rings. The van der Waals surface area contributed by atoms with Gasteiger partial charge in [0.05, 0.1) is 0 Å². The zero-order valence-corrected chi connectivity index (χ0v) is 11.5. The molecule has 0 aromatic heterocycles. The van der Waals surface area contributed by atoms with Gasteiger partial charge in [-0.2, -0.15) is 0 Å². The van der Waals surface area contributed by atoms with Crippen molar-refractivity contribution in [3.05, 3.63) is 0 Å². The van der Waals surface area contributed by atoms with Crippen molar-refractivity contribution in [2.45, 2.75) is 51.5 Å². The standard InChI is InChI=1S/C13H24N2O.ClH/c1-9-4-2-7-12(9)15-13(16)11-6-3-5-10(11)8-14;/h9-12H,2-8,14H2,1H3,(H,15,16);1H/t9?,10-,11-,12?;/m1./s1. The monoisotopic (exact) mass is 260 g/mol. The van der Waals surface area contributed by atoms with Crippen LogP contribution in [0.15, 0.2) is 0 Å². The molecule has 0 bridgehead atoms. The van der Waals surface area contributed by atoms with Gasteiger partial charge in [-0.25, -0.2) is 0 Å². The summed E-state index contributed by atoms with van der Waals surface area (Å²) in [5.74, 6) is 1.54. The molecule has 2 saturated carbocycles. The van der Waals surface area contributed by atoms with Crippen LogP contribution in [0.4, 0.5) is 0 Å². The normalized spacial score (nSPS) is 36.6. The number of amides is 1. The molecule has 0 aromatic carbocycles. The Morgan fingerprint density at radius 3 is 2.53 bits per heavy atom. The minimum Gasteiger partial charge on any atom is -0.353 e. The topological polar surface area (TPSA) is 55.1 Å². The van der Waals surface area contributed by atoms with Gasteiger partial charge in [0.15, 0.2) is 0 Å². The number of rotatable bonds is 3. The average molecular weight is 261 g/mol. The van der Waals surface area contributed by atoms with E-state index in [2.05, 4.69) is 12.2 Å². The maximum absolute atomic E-state index is 12.1. The molecule has 0 spiro atoms. The van der Waals surface area contributed by atoms with Crippen LogP contribution in [0.2, 0.25) is 0 Å². The lowest BCUT2D eigenvalue weighted by atomic mass is 9.94. The third-order valence-corrected chi connectivity index (χ3v) is 4.49. The van der Waals surface area contributed by atoms with E-state index in [1.54, 1.807) is 0 Å². The first-order chi connectivity index (χ1) is 7.72. The van der Waals surface area contributed by atoms with Crippen LogP contribution in [0, 0.1) is 17.8 Å². The predicted octanol–water partition coefficient (Wildman–Crippen LogP) is 2.09. The molecule has 1 amide bonds. The van der Waals surface area contributed by atoms with E-state index >= 15 is 0 Å². The van der Waals surface area contributed by atoms with Crippen LogP contribution in [0.3, 0.4) is 0 Å². The van der Waals surface area contributed by atoms with Gasteiger partial charge in [0, 0.05) is 12.0 Å². The predicted molar refractivity (Wildman–Crippen MR) is 72.1 cm³/mol. The molecule has 4 heteroatoms. The highest BCUT2D eigenvalue weighted by molar-refractivity contribution is 5.85. The van der Waals surface area contributed by atoms with Crippen LogP contribution in [0.1, 0.15) is 45.4 Å². The summed E-state index contributed by atoms with van der Waals surface area (Å²) in [6.07, 6.45) is 7.02. The van der Waals surface area contributed by atoms with E-state index in [9.17, 15) is 4.79 Å². The summed E-state index contributed by atoms with van der Waals surface area (Å²) >= 11 is 0. The summed E-state index contributed by atoms with van der Waals surface area (Å²) < 4.78 is 0. The van der Waals surface area contributed by atoms with E-state index in [0.29, 0.717) is 24.4 Å². The lowest BCUT2D eigenvalue weighted by Crippen LogP contribution is -2.42. The molecular formula is C13H25ClN2O. The molecule has 3 N–H and O–H groups in total. The summed E-state index contributed by atoms with van der Waals surface area (Å²) in [5.41, 5.74) is 5.72. The summed E-state index contributed by atoms with van der Waals surface area (Å²) in [5, 5.41) is 3.24. The van der Waals surface area contributed by atoms with Gasteiger partial charge in [-0.1, -0.05) is 19.8 Å². The number of nitrogens with one attached hydrogen (secondary N) is 1. The van der Waals surface area contributed by atoms with E-state index in [1.807, 2.05) is 0 Å². The number of halogens is 1. The van der Waals surface area contributed by atoms with Crippen molar-refractivity contribution in [3.8, 4) is 0 Å². The average Bonchev–Trinajstić information content (AvgIpc) is 2.87. The van der Waals surface area contributed by atoms with Crippen LogP contribution in [0.5, 0.6) is 0 Å². The third kappa shape index (κ3) is 3.35. The van der Waals surface area contributed by atoms with Gasteiger partial charge >= 0.3 is 0 Å². The molecule has 4 atom stereocenters. The number of carbonyl (C=O) groups excluding carboxylic acids is 1. The van der Waals surface area contributed by atoms with E-state index in [4.69, 9.17) is 5.73 Å². The molecule has 3 nitrogen and oxygen atoms in total. The van der Waals surface area contributed by atoms with Crippen LogP contribution in [0.25, 0.3) is 0 Å². The molecule has 0 radical (unpaired) electrons. The van der Waals surface area contributed by atoms with Crippen molar-refractivity contribution < 1.29 is 4.79 Å². The highest BCUT2D eigenvalue weighted by Gasteiger charge is 2.34. The van der Waals surface area contributed by atoms with Crippen molar-refractivity contribution in [2.75, 3.05) is 6.54 Å². The van der Waals surface area contributed by atoms with Gasteiger partial charge in [0.2, 0.25) is 5.91 Å². The van der Waals surface area contributed by atoms with Crippen LogP contribution < -0.4 is 11.1 Å². The molecule has 2 unspecified atom stereocenters. The maximum atomic E-state index is 12.1. The Bertz CT molecular complexity index is 260. The van der Waals surface area contributed by atoms with Gasteiger partial charge in [-0.15, -0.1) is 12.4 Å². The minimum atomic E-state index is 0. The second-order valence-corrected chi connectivity index (χ2v) is 5.56. The third-order valence-electron chi connectivity index (χ3n) is 4.49. The first-order valence-electron chi connectivity index (χ1n) is 6.72. The Hall–Kier alpha value is -0.280. The summed E-state index contributed by atoms with van der Waals surface area (Å²) in [6.45, 7) is 2.91.